The second kappa shape index (κ2) is 14.8. The first kappa shape index (κ1) is 30.5. The molecular formula is C23H34N8O6. The maximum Gasteiger partial charge on any atom is 0.303 e. The highest BCUT2D eigenvalue weighted by molar-refractivity contribution is 5.96. The summed E-state index contributed by atoms with van der Waals surface area (Å²) in [6.45, 7) is 0.921. The lowest BCUT2D eigenvalue weighted by molar-refractivity contribution is -0.139. The molecule has 0 unspecified atom stereocenters. The minimum atomic E-state index is -1.72. The van der Waals surface area contributed by atoms with Gasteiger partial charge in [-0.3, -0.25) is 29.6 Å². The molecule has 2 atom stereocenters. The first-order chi connectivity index (χ1) is 17.4. The molecule has 0 aliphatic rings. The minimum Gasteiger partial charge on any atom is -0.481 e. The number of aliphatic imine (C=N–C) groups is 1. The van der Waals surface area contributed by atoms with Crippen molar-refractivity contribution >= 4 is 41.8 Å². The summed E-state index contributed by atoms with van der Waals surface area (Å²) in [5.74, 6) is -3.53. The molecule has 3 amide bonds. The molecule has 0 aliphatic heterocycles. The number of rotatable bonds is 16. The van der Waals surface area contributed by atoms with Gasteiger partial charge in [0.1, 0.15) is 17.7 Å². The Morgan fingerprint density at radius 3 is 2.49 bits per heavy atom. The highest BCUT2D eigenvalue weighted by Gasteiger charge is 2.40. The van der Waals surface area contributed by atoms with Crippen LogP contribution in [0.3, 0.4) is 0 Å². The third-order valence-corrected chi connectivity index (χ3v) is 5.25. The van der Waals surface area contributed by atoms with Crippen molar-refractivity contribution in [3.8, 4) is 0 Å². The summed E-state index contributed by atoms with van der Waals surface area (Å²) in [6, 6.07) is 5.56. The lowest BCUT2D eigenvalue weighted by atomic mass is 9.84. The number of nitrogen functional groups attached to an aromatic ring is 1. The van der Waals surface area contributed by atoms with Crippen molar-refractivity contribution in [3.63, 3.8) is 0 Å². The number of amidine groups is 1. The van der Waals surface area contributed by atoms with Crippen LogP contribution in [-0.4, -0.2) is 71.5 Å². The van der Waals surface area contributed by atoms with Crippen molar-refractivity contribution in [1.82, 2.24) is 16.0 Å². The number of aliphatic carboxylic acids is 1. The molecule has 14 heteroatoms. The number of hydrogen-bond acceptors (Lipinski definition) is 7. The van der Waals surface area contributed by atoms with Crippen LogP contribution in [0.5, 0.6) is 0 Å². The van der Waals surface area contributed by atoms with Crippen molar-refractivity contribution in [1.29, 1.82) is 5.41 Å². The normalized spacial score (nSPS) is 12.8. The number of guanidine groups is 1. The molecule has 14 nitrogen and oxygen atoms in total. The van der Waals surface area contributed by atoms with Crippen LogP contribution in [0.15, 0.2) is 29.3 Å². The number of hydrogen-bond donors (Lipinski definition) is 8. The van der Waals surface area contributed by atoms with Gasteiger partial charge in [-0.1, -0.05) is 18.2 Å². The zero-order chi connectivity index (χ0) is 28.0. The van der Waals surface area contributed by atoms with Gasteiger partial charge >= 0.3 is 5.97 Å². The number of nitrogens with two attached hydrogens (primary N) is 3. The van der Waals surface area contributed by atoms with E-state index < -0.39 is 48.2 Å². The second-order valence-corrected chi connectivity index (χ2v) is 8.39. The Balaban J connectivity index is 3.03. The number of benzene rings is 1. The lowest BCUT2D eigenvalue weighted by Gasteiger charge is -2.33. The number of carbonyl (C=O) groups is 5. The van der Waals surface area contributed by atoms with Crippen LogP contribution in [0, 0.1) is 5.41 Å². The zero-order valence-electron chi connectivity index (χ0n) is 20.6. The summed E-state index contributed by atoms with van der Waals surface area (Å²) < 4.78 is 0. The van der Waals surface area contributed by atoms with Crippen LogP contribution in [0.2, 0.25) is 0 Å². The summed E-state index contributed by atoms with van der Waals surface area (Å²) in [7, 11) is 0. The van der Waals surface area contributed by atoms with Crippen molar-refractivity contribution in [2.45, 2.75) is 50.6 Å². The minimum absolute atomic E-state index is 0.0898. The molecule has 202 valence electrons. The number of nitrogens with zero attached hydrogens (tertiary/aromatic N) is 1. The third kappa shape index (κ3) is 11.2. The third-order valence-electron chi connectivity index (χ3n) is 5.25. The largest absolute Gasteiger partial charge is 0.481 e. The van der Waals surface area contributed by atoms with Gasteiger partial charge in [-0.05, 0) is 30.9 Å². The van der Waals surface area contributed by atoms with Crippen molar-refractivity contribution < 1.29 is 29.1 Å². The van der Waals surface area contributed by atoms with Gasteiger partial charge in [-0.2, -0.15) is 0 Å². The number of nitrogens with one attached hydrogen (secondary N) is 4. The van der Waals surface area contributed by atoms with Gasteiger partial charge in [0, 0.05) is 31.9 Å². The van der Waals surface area contributed by atoms with E-state index in [1.807, 2.05) is 0 Å². The summed E-state index contributed by atoms with van der Waals surface area (Å²) in [5, 5.41) is 24.3. The Morgan fingerprint density at radius 2 is 1.92 bits per heavy atom. The Hall–Kier alpha value is -4.49. The quantitative estimate of drug-likeness (QED) is 0.0525. The molecule has 0 aliphatic carbocycles. The van der Waals surface area contributed by atoms with Crippen molar-refractivity contribution in [3.05, 3.63) is 35.4 Å². The van der Waals surface area contributed by atoms with Gasteiger partial charge in [0.15, 0.2) is 5.96 Å². The maximum absolute atomic E-state index is 13.3. The molecule has 11 N–H and O–H groups in total. The molecule has 1 aromatic carbocycles. The molecule has 0 fully saturated rings. The summed E-state index contributed by atoms with van der Waals surface area (Å²) in [6.07, 6.45) is 0.383. The van der Waals surface area contributed by atoms with E-state index in [9.17, 15) is 29.1 Å². The average molecular weight is 519 g/mol. The number of carboxylic acid groups (broad SMARTS) is 1. The van der Waals surface area contributed by atoms with Gasteiger partial charge < -0.3 is 43.1 Å². The molecule has 0 radical (unpaired) electrons. The molecule has 0 saturated carbocycles. The van der Waals surface area contributed by atoms with E-state index >= 15 is 0 Å². The van der Waals surface area contributed by atoms with E-state index in [-0.39, 0.29) is 37.6 Å². The van der Waals surface area contributed by atoms with Crippen LogP contribution in [0.4, 0.5) is 0 Å². The number of carbonyl (C=O) groups excluding carboxylic acids is 4. The van der Waals surface area contributed by atoms with E-state index in [1.165, 1.54) is 6.92 Å². The lowest BCUT2D eigenvalue weighted by Crippen LogP contribution is -2.61. The van der Waals surface area contributed by atoms with Gasteiger partial charge in [-0.15, -0.1) is 0 Å². The van der Waals surface area contributed by atoms with E-state index in [0.29, 0.717) is 23.8 Å². The van der Waals surface area contributed by atoms with Gasteiger partial charge in [0.05, 0.1) is 12.6 Å². The van der Waals surface area contributed by atoms with Crippen LogP contribution >= 0.6 is 0 Å². The Kier molecular flexibility index (Phi) is 12.2. The van der Waals surface area contributed by atoms with Gasteiger partial charge in [0.2, 0.25) is 17.7 Å². The average Bonchev–Trinajstić information content (AvgIpc) is 2.82. The summed E-state index contributed by atoms with van der Waals surface area (Å²) >= 11 is 0. The Labute approximate surface area is 213 Å². The molecule has 0 saturated heterocycles. The van der Waals surface area contributed by atoms with E-state index in [1.54, 1.807) is 24.3 Å². The highest BCUT2D eigenvalue weighted by atomic mass is 16.4. The van der Waals surface area contributed by atoms with E-state index in [0.717, 1.165) is 0 Å². The van der Waals surface area contributed by atoms with Crippen molar-refractivity contribution in [2.24, 2.45) is 22.2 Å². The smallest absolute Gasteiger partial charge is 0.303 e. The first-order valence-electron chi connectivity index (χ1n) is 11.4. The van der Waals surface area contributed by atoms with E-state index in [2.05, 4.69) is 20.9 Å². The summed E-state index contributed by atoms with van der Waals surface area (Å²) in [5.41, 5.74) is 15.2. The summed E-state index contributed by atoms with van der Waals surface area (Å²) in [4.78, 5) is 64.1. The molecule has 37 heavy (non-hydrogen) atoms. The number of carboxylic acids is 1. The SMILES string of the molecule is CC(=O)N[C@](CCC(=O)O)(Cc1cccc(C(=N)N)c1)C(=O)NCC(=O)N[C@H](C=O)CCCN=C(N)N. The Bertz CT molecular complexity index is 1040. The monoisotopic (exact) mass is 518 g/mol. The highest BCUT2D eigenvalue weighted by Crippen LogP contribution is 2.22. The maximum atomic E-state index is 13.3. The molecule has 1 aromatic rings. The fourth-order valence-corrected chi connectivity index (χ4v) is 3.58. The Morgan fingerprint density at radius 1 is 1.22 bits per heavy atom. The predicted molar refractivity (Wildman–Crippen MR) is 135 cm³/mol. The predicted octanol–water partition coefficient (Wildman–Crippen LogP) is -1.89. The standard InChI is InChI=1S/C23H34N8O6/c1-14(33)31-23(8-7-19(35)36,11-15-4-2-5-16(10-15)20(24)25)21(37)29-12-18(34)30-17(13-32)6-3-9-28-22(26)27/h2,4-5,10,13,17H,3,6-9,11-12H2,1H3,(H3,24,25)(H,29,37)(H,30,34)(H,31,33)(H,35,36)(H4,26,27,28)/t17-,23+/m0/s1. The van der Waals surface area contributed by atoms with E-state index in [4.69, 9.17) is 22.6 Å². The molecular weight excluding hydrogens is 484 g/mol. The van der Waals surface area contributed by atoms with Gasteiger partial charge in [0.25, 0.3) is 0 Å². The molecule has 0 spiro atoms. The molecule has 0 bridgehead atoms. The zero-order valence-corrected chi connectivity index (χ0v) is 20.6. The topological polar surface area (TPSA) is 256 Å². The molecule has 0 heterocycles. The van der Waals surface area contributed by atoms with Crippen molar-refractivity contribution in [2.75, 3.05) is 13.1 Å². The van der Waals surface area contributed by atoms with Crippen LogP contribution in [0.1, 0.15) is 43.7 Å². The number of aldehydes is 1. The van der Waals surface area contributed by atoms with Crippen LogP contribution in [-0.2, 0) is 30.4 Å². The van der Waals surface area contributed by atoms with Gasteiger partial charge in [-0.25, -0.2) is 0 Å². The fourth-order valence-electron chi connectivity index (χ4n) is 3.58. The van der Waals surface area contributed by atoms with Crippen LogP contribution < -0.4 is 33.2 Å². The number of amides is 3. The van der Waals surface area contributed by atoms with Crippen LogP contribution in [0.25, 0.3) is 0 Å². The second-order valence-electron chi connectivity index (χ2n) is 8.39. The molecule has 1 rings (SSSR count). The first-order valence-corrected chi connectivity index (χ1v) is 11.4. The molecule has 0 aromatic heterocycles. The fraction of sp³-hybridized carbons (Fsp3) is 0.435.